The molecule has 1 heterocycles. The van der Waals surface area contributed by atoms with Crippen LogP contribution in [0.3, 0.4) is 0 Å². The average Bonchev–Trinajstić information content (AvgIpc) is 2.47. The Morgan fingerprint density at radius 1 is 1.55 bits per heavy atom. The Hall–Kier alpha value is -1.49. The molecule has 108 valence electrons. The fraction of sp³-hybridized carbons (Fsp3) is 0.462. The van der Waals surface area contributed by atoms with Gasteiger partial charge in [-0.2, -0.15) is 9.57 Å². The Bertz CT molecular complexity index is 640. The van der Waals surface area contributed by atoms with Crippen molar-refractivity contribution >= 4 is 10.0 Å². The summed E-state index contributed by atoms with van der Waals surface area (Å²) in [5.41, 5.74) is -0.272. The standard InChI is InChI=1S/C13H15FN2O3S/c1-2-11-9-16(5-6-19-11)20(17,18)12-3-4-13(14)10(7-12)8-15/h3-4,7,11H,2,5-6,9H2,1H3. The number of hydrogen-bond donors (Lipinski definition) is 0. The fourth-order valence-electron chi connectivity index (χ4n) is 2.06. The maximum Gasteiger partial charge on any atom is 0.243 e. The number of rotatable bonds is 3. The van der Waals surface area contributed by atoms with Gasteiger partial charge in [0.2, 0.25) is 10.0 Å². The van der Waals surface area contributed by atoms with Gasteiger partial charge in [-0.3, -0.25) is 0 Å². The van der Waals surface area contributed by atoms with Crippen LogP contribution in [0.15, 0.2) is 23.1 Å². The summed E-state index contributed by atoms with van der Waals surface area (Å²) in [6, 6.07) is 4.90. The van der Waals surface area contributed by atoms with E-state index in [0.717, 1.165) is 18.6 Å². The van der Waals surface area contributed by atoms with Crippen molar-refractivity contribution in [1.82, 2.24) is 4.31 Å². The van der Waals surface area contributed by atoms with Gasteiger partial charge in [0.25, 0.3) is 0 Å². The molecule has 1 aromatic rings. The number of nitrogens with zero attached hydrogens (tertiary/aromatic N) is 2. The van der Waals surface area contributed by atoms with Crippen LogP contribution in [0.25, 0.3) is 0 Å². The van der Waals surface area contributed by atoms with Crippen LogP contribution in [0.4, 0.5) is 4.39 Å². The third kappa shape index (κ3) is 2.82. The smallest absolute Gasteiger partial charge is 0.243 e. The molecule has 1 saturated heterocycles. The van der Waals surface area contributed by atoms with Crippen molar-refractivity contribution < 1.29 is 17.5 Å². The summed E-state index contributed by atoms with van der Waals surface area (Å²) in [4.78, 5) is -0.0628. The molecule has 0 spiro atoms. The molecule has 1 unspecified atom stereocenters. The molecule has 0 saturated carbocycles. The summed E-state index contributed by atoms with van der Waals surface area (Å²) in [6.07, 6.45) is 0.591. The highest BCUT2D eigenvalue weighted by molar-refractivity contribution is 7.89. The van der Waals surface area contributed by atoms with Gasteiger partial charge < -0.3 is 4.74 Å². The molecule has 0 aromatic heterocycles. The van der Waals surface area contributed by atoms with E-state index in [1.165, 1.54) is 10.4 Å². The summed E-state index contributed by atoms with van der Waals surface area (Å²) < 4.78 is 45.0. The normalized spacial score (nSPS) is 20.6. The molecule has 1 aromatic carbocycles. The maximum absolute atomic E-state index is 13.3. The van der Waals surface area contributed by atoms with E-state index in [-0.39, 0.29) is 29.7 Å². The third-order valence-corrected chi connectivity index (χ3v) is 5.11. The van der Waals surface area contributed by atoms with Crippen LogP contribution in [-0.4, -0.2) is 38.5 Å². The van der Waals surface area contributed by atoms with Crippen LogP contribution in [-0.2, 0) is 14.8 Å². The molecule has 1 aliphatic rings. The Morgan fingerprint density at radius 2 is 2.30 bits per heavy atom. The monoisotopic (exact) mass is 298 g/mol. The van der Waals surface area contributed by atoms with Crippen LogP contribution in [0, 0.1) is 17.1 Å². The summed E-state index contributed by atoms with van der Waals surface area (Å²) >= 11 is 0. The van der Waals surface area contributed by atoms with E-state index in [2.05, 4.69) is 0 Å². The topological polar surface area (TPSA) is 70.4 Å². The summed E-state index contributed by atoms with van der Waals surface area (Å²) in [6.45, 7) is 2.80. The van der Waals surface area contributed by atoms with Gasteiger partial charge in [-0.05, 0) is 24.6 Å². The van der Waals surface area contributed by atoms with Gasteiger partial charge in [0, 0.05) is 13.1 Å². The van der Waals surface area contributed by atoms with Crippen LogP contribution in [0.1, 0.15) is 18.9 Å². The number of ether oxygens (including phenoxy) is 1. The van der Waals surface area contributed by atoms with Crippen molar-refractivity contribution in [3.05, 3.63) is 29.6 Å². The molecule has 5 nitrogen and oxygen atoms in total. The second-order valence-electron chi connectivity index (χ2n) is 4.52. The molecule has 1 fully saturated rings. The molecule has 20 heavy (non-hydrogen) atoms. The highest BCUT2D eigenvalue weighted by atomic mass is 32.2. The highest BCUT2D eigenvalue weighted by Crippen LogP contribution is 2.21. The van der Waals surface area contributed by atoms with Crippen LogP contribution in [0.2, 0.25) is 0 Å². The first-order chi connectivity index (χ1) is 9.48. The van der Waals surface area contributed by atoms with E-state index >= 15 is 0 Å². The number of morpholine rings is 1. The van der Waals surface area contributed by atoms with Gasteiger partial charge in [0.15, 0.2) is 0 Å². The van der Waals surface area contributed by atoms with E-state index in [9.17, 15) is 12.8 Å². The maximum atomic E-state index is 13.3. The number of sulfonamides is 1. The second kappa shape index (κ2) is 5.87. The van der Waals surface area contributed by atoms with Crippen LogP contribution < -0.4 is 0 Å². The highest BCUT2D eigenvalue weighted by Gasteiger charge is 2.30. The van der Waals surface area contributed by atoms with E-state index in [1.54, 1.807) is 6.07 Å². The third-order valence-electron chi connectivity index (χ3n) is 3.25. The van der Waals surface area contributed by atoms with Crippen LogP contribution in [0.5, 0.6) is 0 Å². The summed E-state index contributed by atoms with van der Waals surface area (Å²) in [7, 11) is -3.72. The van der Waals surface area contributed by atoms with Gasteiger partial charge in [0.1, 0.15) is 11.9 Å². The largest absolute Gasteiger partial charge is 0.375 e. The molecule has 0 bridgehead atoms. The molecule has 0 radical (unpaired) electrons. The van der Waals surface area contributed by atoms with E-state index in [1.807, 2.05) is 6.92 Å². The Kier molecular flexibility index (Phi) is 4.38. The van der Waals surface area contributed by atoms with Crippen molar-refractivity contribution in [1.29, 1.82) is 5.26 Å². The van der Waals surface area contributed by atoms with Gasteiger partial charge in [-0.1, -0.05) is 6.92 Å². The van der Waals surface area contributed by atoms with E-state index < -0.39 is 15.8 Å². The van der Waals surface area contributed by atoms with Crippen molar-refractivity contribution in [3.63, 3.8) is 0 Å². The quantitative estimate of drug-likeness (QED) is 0.848. The van der Waals surface area contributed by atoms with Crippen molar-refractivity contribution in [2.45, 2.75) is 24.3 Å². The van der Waals surface area contributed by atoms with E-state index in [4.69, 9.17) is 10.00 Å². The van der Waals surface area contributed by atoms with Crippen LogP contribution >= 0.6 is 0 Å². The van der Waals surface area contributed by atoms with Gasteiger partial charge in [-0.25, -0.2) is 12.8 Å². The van der Waals surface area contributed by atoms with Gasteiger partial charge >= 0.3 is 0 Å². The lowest BCUT2D eigenvalue weighted by Gasteiger charge is -2.31. The zero-order valence-corrected chi connectivity index (χ0v) is 11.9. The van der Waals surface area contributed by atoms with Crippen molar-refractivity contribution in [2.75, 3.05) is 19.7 Å². The SMILES string of the molecule is CCC1CN(S(=O)(=O)c2ccc(F)c(C#N)c2)CCO1. The minimum absolute atomic E-state index is 0.0628. The molecular weight excluding hydrogens is 283 g/mol. The first kappa shape index (κ1) is 14.9. The molecular formula is C13H15FN2O3S. The second-order valence-corrected chi connectivity index (χ2v) is 6.46. The zero-order valence-electron chi connectivity index (χ0n) is 11.0. The molecule has 1 aliphatic heterocycles. The Balaban J connectivity index is 2.33. The number of nitriles is 1. The first-order valence-corrected chi connectivity index (χ1v) is 7.74. The number of benzene rings is 1. The minimum Gasteiger partial charge on any atom is -0.375 e. The average molecular weight is 298 g/mol. The first-order valence-electron chi connectivity index (χ1n) is 6.30. The molecule has 7 heteroatoms. The molecule has 0 N–H and O–H groups in total. The Morgan fingerprint density at radius 3 is 2.95 bits per heavy atom. The summed E-state index contributed by atoms with van der Waals surface area (Å²) in [5, 5.41) is 8.78. The predicted octanol–water partition coefficient (Wildman–Crippen LogP) is 1.50. The van der Waals surface area contributed by atoms with Gasteiger partial charge in [0.05, 0.1) is 23.2 Å². The van der Waals surface area contributed by atoms with Crippen molar-refractivity contribution in [3.8, 4) is 6.07 Å². The number of hydrogen-bond acceptors (Lipinski definition) is 4. The molecule has 0 aliphatic carbocycles. The zero-order chi connectivity index (χ0) is 14.8. The van der Waals surface area contributed by atoms with Crippen molar-refractivity contribution in [2.24, 2.45) is 0 Å². The lowest BCUT2D eigenvalue weighted by atomic mass is 10.2. The molecule has 2 rings (SSSR count). The van der Waals surface area contributed by atoms with Gasteiger partial charge in [-0.15, -0.1) is 0 Å². The fourth-order valence-corrected chi connectivity index (χ4v) is 3.54. The number of halogens is 1. The lowest BCUT2D eigenvalue weighted by Crippen LogP contribution is -2.45. The predicted molar refractivity (Wildman–Crippen MR) is 69.9 cm³/mol. The minimum atomic E-state index is -3.72. The summed E-state index contributed by atoms with van der Waals surface area (Å²) in [5.74, 6) is -0.722. The lowest BCUT2D eigenvalue weighted by molar-refractivity contribution is -0.00278. The van der Waals surface area contributed by atoms with E-state index in [0.29, 0.717) is 6.61 Å². The molecule has 0 amide bonds. The Labute approximate surface area is 117 Å². The molecule has 1 atom stereocenters.